The van der Waals surface area contributed by atoms with Gasteiger partial charge < -0.3 is 9.84 Å². The lowest BCUT2D eigenvalue weighted by atomic mass is 9.93. The van der Waals surface area contributed by atoms with Crippen molar-refractivity contribution < 1.29 is 19.4 Å². The Hall–Kier alpha value is -3.57. The maximum atomic E-state index is 13.3. The first-order valence-electron chi connectivity index (χ1n) is 10.8. The van der Waals surface area contributed by atoms with Gasteiger partial charge in [-0.3, -0.25) is 14.5 Å². The van der Waals surface area contributed by atoms with Crippen LogP contribution >= 0.6 is 11.6 Å². The topological polar surface area (TPSA) is 66.8 Å². The van der Waals surface area contributed by atoms with Crippen molar-refractivity contribution in [1.29, 1.82) is 0 Å². The minimum Gasteiger partial charge on any atom is -0.507 e. The van der Waals surface area contributed by atoms with Crippen LogP contribution in [0.4, 0.5) is 5.69 Å². The quantitative estimate of drug-likeness (QED) is 0.314. The molecule has 0 bridgehead atoms. The molecule has 5 rings (SSSR count). The van der Waals surface area contributed by atoms with Gasteiger partial charge in [0.15, 0.2) is 0 Å². The third-order valence-corrected chi connectivity index (χ3v) is 6.33. The van der Waals surface area contributed by atoms with E-state index < -0.39 is 17.7 Å². The Kier molecular flexibility index (Phi) is 5.22. The Labute approximate surface area is 196 Å². The van der Waals surface area contributed by atoms with Crippen molar-refractivity contribution in [3.05, 3.63) is 99.6 Å². The van der Waals surface area contributed by atoms with E-state index >= 15 is 0 Å². The molecule has 33 heavy (non-hydrogen) atoms. The maximum Gasteiger partial charge on any atom is 0.300 e. The molecule has 6 heteroatoms. The Bertz CT molecular complexity index is 1310. The molecule has 5 nitrogen and oxygen atoms in total. The number of hydrogen-bond acceptors (Lipinski definition) is 4. The van der Waals surface area contributed by atoms with Crippen molar-refractivity contribution in [2.45, 2.75) is 32.4 Å². The first-order valence-corrected chi connectivity index (χ1v) is 11.1. The lowest BCUT2D eigenvalue weighted by Crippen LogP contribution is -2.29. The summed E-state index contributed by atoms with van der Waals surface area (Å²) in [4.78, 5) is 27.9. The molecule has 1 fully saturated rings. The normalized spacial score (nSPS) is 21.2. The number of halogens is 1. The Morgan fingerprint density at radius 1 is 1.06 bits per heavy atom. The number of fused-ring (bicyclic) bond motifs is 1. The number of Topliss-reactive ketones (excluding diaryl/α,β-unsaturated/α-hetero) is 1. The second-order valence-corrected chi connectivity index (χ2v) is 8.95. The van der Waals surface area contributed by atoms with Gasteiger partial charge in [0.1, 0.15) is 17.6 Å². The van der Waals surface area contributed by atoms with E-state index in [9.17, 15) is 14.7 Å². The lowest BCUT2D eigenvalue weighted by molar-refractivity contribution is -0.132. The van der Waals surface area contributed by atoms with Crippen LogP contribution in [-0.4, -0.2) is 22.9 Å². The van der Waals surface area contributed by atoms with Crippen molar-refractivity contribution in [3.63, 3.8) is 0 Å². The summed E-state index contributed by atoms with van der Waals surface area (Å²) >= 11 is 6.04. The van der Waals surface area contributed by atoms with Gasteiger partial charge in [0.05, 0.1) is 11.6 Å². The Morgan fingerprint density at radius 2 is 1.82 bits per heavy atom. The summed E-state index contributed by atoms with van der Waals surface area (Å²) in [6.45, 7) is 3.93. The molecule has 2 aliphatic heterocycles. The molecule has 1 saturated heterocycles. The van der Waals surface area contributed by atoms with E-state index in [1.165, 1.54) is 4.90 Å². The zero-order chi connectivity index (χ0) is 23.3. The molecule has 3 aromatic rings. The van der Waals surface area contributed by atoms with Crippen molar-refractivity contribution in [2.75, 3.05) is 4.90 Å². The fourth-order valence-electron chi connectivity index (χ4n) is 4.58. The van der Waals surface area contributed by atoms with Gasteiger partial charge in [-0.25, -0.2) is 0 Å². The second kappa shape index (κ2) is 8.09. The van der Waals surface area contributed by atoms with Crippen LogP contribution in [0.5, 0.6) is 5.75 Å². The van der Waals surface area contributed by atoms with Gasteiger partial charge in [0.25, 0.3) is 11.7 Å². The molecule has 1 amide bonds. The lowest BCUT2D eigenvalue weighted by Gasteiger charge is -2.25. The molecule has 2 aliphatic rings. The summed E-state index contributed by atoms with van der Waals surface area (Å²) in [5.41, 5.74) is 3.76. The van der Waals surface area contributed by atoms with E-state index in [2.05, 4.69) is 0 Å². The molecule has 0 spiro atoms. The molecule has 1 N–H and O–H groups in total. The van der Waals surface area contributed by atoms with E-state index in [1.54, 1.807) is 36.4 Å². The summed E-state index contributed by atoms with van der Waals surface area (Å²) in [5, 5.41) is 11.9. The SMILES string of the molecule is Cc1cccc(C2/C(=C(/O)c3ccc4c(c3)CC(C)O4)C(=O)C(=O)N2c2ccc(Cl)cc2)c1. The van der Waals surface area contributed by atoms with Crippen molar-refractivity contribution >= 4 is 34.7 Å². The zero-order valence-electron chi connectivity index (χ0n) is 18.2. The van der Waals surface area contributed by atoms with Crippen LogP contribution in [0.25, 0.3) is 5.76 Å². The number of hydrogen-bond donors (Lipinski definition) is 1. The van der Waals surface area contributed by atoms with E-state index in [4.69, 9.17) is 16.3 Å². The number of anilines is 1. The summed E-state index contributed by atoms with van der Waals surface area (Å²) in [6, 6.07) is 18.9. The van der Waals surface area contributed by atoms with Gasteiger partial charge in [-0.2, -0.15) is 0 Å². The van der Waals surface area contributed by atoms with Crippen LogP contribution in [0.15, 0.2) is 72.3 Å². The number of amides is 1. The number of carbonyl (C=O) groups excluding carboxylic acids is 2. The highest BCUT2D eigenvalue weighted by Gasteiger charge is 2.47. The molecule has 0 aliphatic carbocycles. The summed E-state index contributed by atoms with van der Waals surface area (Å²) in [7, 11) is 0. The Morgan fingerprint density at radius 3 is 2.55 bits per heavy atom. The van der Waals surface area contributed by atoms with Gasteiger partial charge in [-0.05, 0) is 67.4 Å². The molecule has 3 aromatic carbocycles. The predicted molar refractivity (Wildman–Crippen MR) is 128 cm³/mol. The number of aryl methyl sites for hydroxylation is 1. The number of ether oxygens (including phenoxy) is 1. The van der Waals surface area contributed by atoms with Crippen LogP contribution in [0, 0.1) is 6.92 Å². The molecule has 2 atom stereocenters. The average Bonchev–Trinajstić information content (AvgIpc) is 3.29. The largest absolute Gasteiger partial charge is 0.507 e. The highest BCUT2D eigenvalue weighted by molar-refractivity contribution is 6.51. The van der Waals surface area contributed by atoms with Crippen LogP contribution in [0.3, 0.4) is 0 Å². The number of aliphatic hydroxyl groups is 1. The number of benzene rings is 3. The predicted octanol–water partition coefficient (Wildman–Crippen LogP) is 5.60. The fourth-order valence-corrected chi connectivity index (χ4v) is 4.71. The van der Waals surface area contributed by atoms with Gasteiger partial charge >= 0.3 is 0 Å². The van der Waals surface area contributed by atoms with E-state index in [0.717, 1.165) is 28.9 Å². The highest BCUT2D eigenvalue weighted by atomic mass is 35.5. The van der Waals surface area contributed by atoms with Crippen LogP contribution in [-0.2, 0) is 16.0 Å². The maximum absolute atomic E-state index is 13.3. The molecular formula is C27H22ClNO4. The van der Waals surface area contributed by atoms with Gasteiger partial charge in [-0.15, -0.1) is 0 Å². The molecule has 0 saturated carbocycles. The Balaban J connectivity index is 1.69. The van der Waals surface area contributed by atoms with Gasteiger partial charge in [0.2, 0.25) is 0 Å². The second-order valence-electron chi connectivity index (χ2n) is 8.51. The standard InChI is InChI=1S/C27H22ClNO4/c1-15-4-3-5-17(12-15)24-23(25(30)18-6-11-22-19(14-18)13-16(2)33-22)26(31)27(32)29(24)21-9-7-20(28)8-10-21/h3-12,14,16,24,30H,13H2,1-2H3/b25-23-. The van der Waals surface area contributed by atoms with Crippen LogP contribution < -0.4 is 9.64 Å². The number of rotatable bonds is 3. The summed E-state index contributed by atoms with van der Waals surface area (Å²) in [6.07, 6.45) is 0.775. The van der Waals surface area contributed by atoms with Gasteiger partial charge in [-0.1, -0.05) is 41.4 Å². The third kappa shape index (κ3) is 3.68. The van der Waals surface area contributed by atoms with E-state index in [0.29, 0.717) is 16.3 Å². The summed E-state index contributed by atoms with van der Waals surface area (Å²) < 4.78 is 5.76. The first kappa shape index (κ1) is 21.3. The van der Waals surface area contributed by atoms with E-state index in [-0.39, 0.29) is 17.4 Å². The monoisotopic (exact) mass is 459 g/mol. The average molecular weight is 460 g/mol. The fraction of sp³-hybridized carbons (Fsp3) is 0.185. The molecule has 2 heterocycles. The molecule has 0 radical (unpaired) electrons. The summed E-state index contributed by atoms with van der Waals surface area (Å²) in [5.74, 6) is -0.836. The minimum absolute atomic E-state index is 0.0557. The van der Waals surface area contributed by atoms with Gasteiger partial charge in [0, 0.05) is 22.7 Å². The van der Waals surface area contributed by atoms with Crippen molar-refractivity contribution in [1.82, 2.24) is 0 Å². The number of carbonyl (C=O) groups is 2. The van der Waals surface area contributed by atoms with E-state index in [1.807, 2.05) is 44.2 Å². The van der Waals surface area contributed by atoms with Crippen LogP contribution in [0.1, 0.15) is 35.2 Å². The molecule has 166 valence electrons. The molecule has 2 unspecified atom stereocenters. The smallest absolute Gasteiger partial charge is 0.300 e. The van der Waals surface area contributed by atoms with Crippen molar-refractivity contribution in [2.24, 2.45) is 0 Å². The number of nitrogens with zero attached hydrogens (tertiary/aromatic N) is 1. The van der Waals surface area contributed by atoms with Crippen LogP contribution in [0.2, 0.25) is 5.02 Å². The third-order valence-electron chi connectivity index (χ3n) is 6.08. The number of ketones is 1. The number of aliphatic hydroxyl groups excluding tert-OH is 1. The van der Waals surface area contributed by atoms with Crippen molar-refractivity contribution in [3.8, 4) is 5.75 Å². The first-order chi connectivity index (χ1) is 15.8. The zero-order valence-corrected chi connectivity index (χ0v) is 19.0. The highest BCUT2D eigenvalue weighted by Crippen LogP contribution is 2.43. The molecule has 0 aromatic heterocycles. The molecular weight excluding hydrogens is 438 g/mol. The minimum atomic E-state index is -0.769.